The first-order chi connectivity index (χ1) is 9.96. The zero-order valence-electron chi connectivity index (χ0n) is 11.5. The maximum absolute atomic E-state index is 12.6. The second-order valence-electron chi connectivity index (χ2n) is 4.38. The van der Waals surface area contributed by atoms with Gasteiger partial charge in [-0.2, -0.15) is 16.1 Å². The van der Waals surface area contributed by atoms with E-state index in [0.717, 1.165) is 11.5 Å². The molecule has 0 unspecified atom stereocenters. The minimum Gasteiger partial charge on any atom is -0.462 e. The molecule has 1 aliphatic rings. The van der Waals surface area contributed by atoms with Crippen LogP contribution < -0.4 is 0 Å². The molecule has 5 nitrogen and oxygen atoms in total. The largest absolute Gasteiger partial charge is 0.462 e. The molecule has 0 amide bonds. The van der Waals surface area contributed by atoms with Gasteiger partial charge in [-0.1, -0.05) is 0 Å². The van der Waals surface area contributed by atoms with Crippen LogP contribution in [0.25, 0.3) is 0 Å². The number of hydrogen-bond acceptors (Lipinski definition) is 5. The number of nitrogens with zero attached hydrogens (tertiary/aromatic N) is 1. The lowest BCUT2D eigenvalue weighted by molar-refractivity contribution is 0.0526. The lowest BCUT2D eigenvalue weighted by Gasteiger charge is -2.26. The summed E-state index contributed by atoms with van der Waals surface area (Å²) in [5, 5.41) is 0. The van der Waals surface area contributed by atoms with Gasteiger partial charge in [0.15, 0.2) is 0 Å². The van der Waals surface area contributed by atoms with Crippen molar-refractivity contribution in [2.24, 2.45) is 0 Å². The Morgan fingerprint density at radius 1 is 1.38 bits per heavy atom. The standard InChI is InChI=1S/C13H16BrNO4S2/c1-2-19-13(16)10-3-4-12(11(14)9-10)21(17,18)15-5-7-20-8-6-15/h3-4,9H,2,5-8H2,1H3. The molecule has 1 saturated heterocycles. The molecule has 1 fully saturated rings. The van der Waals surface area contributed by atoms with E-state index in [2.05, 4.69) is 15.9 Å². The predicted molar refractivity (Wildman–Crippen MR) is 86.2 cm³/mol. The van der Waals surface area contributed by atoms with Crippen molar-refractivity contribution in [3.63, 3.8) is 0 Å². The molecule has 1 heterocycles. The Labute approximate surface area is 137 Å². The van der Waals surface area contributed by atoms with Crippen LogP contribution >= 0.6 is 27.7 Å². The van der Waals surface area contributed by atoms with E-state index in [1.165, 1.54) is 22.5 Å². The van der Waals surface area contributed by atoms with Gasteiger partial charge in [-0.3, -0.25) is 0 Å². The van der Waals surface area contributed by atoms with Crippen molar-refractivity contribution < 1.29 is 17.9 Å². The summed E-state index contributed by atoms with van der Waals surface area (Å²) in [4.78, 5) is 11.8. The first kappa shape index (κ1) is 16.8. The number of carbonyl (C=O) groups is 1. The van der Waals surface area contributed by atoms with E-state index in [-0.39, 0.29) is 11.5 Å². The van der Waals surface area contributed by atoms with E-state index in [1.54, 1.807) is 18.7 Å². The van der Waals surface area contributed by atoms with Crippen LogP contribution in [0.3, 0.4) is 0 Å². The van der Waals surface area contributed by atoms with Crippen molar-refractivity contribution in [2.75, 3.05) is 31.2 Å². The minimum absolute atomic E-state index is 0.183. The highest BCUT2D eigenvalue weighted by molar-refractivity contribution is 9.10. The summed E-state index contributed by atoms with van der Waals surface area (Å²) in [5.41, 5.74) is 0.330. The van der Waals surface area contributed by atoms with Crippen molar-refractivity contribution in [1.82, 2.24) is 4.31 Å². The normalized spacial score (nSPS) is 16.7. The third-order valence-electron chi connectivity index (χ3n) is 3.03. The third kappa shape index (κ3) is 3.80. The lowest BCUT2D eigenvalue weighted by Crippen LogP contribution is -2.38. The molecule has 0 saturated carbocycles. The summed E-state index contributed by atoms with van der Waals surface area (Å²) in [6.07, 6.45) is 0. The van der Waals surface area contributed by atoms with Gasteiger partial charge in [0.25, 0.3) is 0 Å². The van der Waals surface area contributed by atoms with Crippen molar-refractivity contribution in [1.29, 1.82) is 0 Å². The Morgan fingerprint density at radius 3 is 2.62 bits per heavy atom. The molecule has 0 N–H and O–H groups in total. The fourth-order valence-electron chi connectivity index (χ4n) is 1.98. The van der Waals surface area contributed by atoms with Crippen LogP contribution in [0.15, 0.2) is 27.6 Å². The SMILES string of the molecule is CCOC(=O)c1ccc(S(=O)(=O)N2CCSCC2)c(Br)c1. The molecule has 0 spiro atoms. The van der Waals surface area contributed by atoms with Gasteiger partial charge in [0.2, 0.25) is 10.0 Å². The molecular weight excluding hydrogens is 378 g/mol. The average molecular weight is 394 g/mol. The van der Waals surface area contributed by atoms with Gasteiger partial charge in [0.1, 0.15) is 0 Å². The number of rotatable bonds is 4. The Morgan fingerprint density at radius 2 is 2.05 bits per heavy atom. The van der Waals surface area contributed by atoms with Gasteiger partial charge in [-0.25, -0.2) is 13.2 Å². The molecule has 0 aromatic heterocycles. The summed E-state index contributed by atoms with van der Waals surface area (Å²) in [6, 6.07) is 4.42. The van der Waals surface area contributed by atoms with Gasteiger partial charge in [0, 0.05) is 29.1 Å². The summed E-state index contributed by atoms with van der Waals surface area (Å²) in [5.74, 6) is 1.15. The van der Waals surface area contributed by atoms with Crippen LogP contribution in [0, 0.1) is 0 Å². The fourth-order valence-corrected chi connectivity index (χ4v) is 5.59. The number of ether oxygens (including phenoxy) is 1. The first-order valence-corrected chi connectivity index (χ1v) is 9.90. The van der Waals surface area contributed by atoms with Crippen LogP contribution in [-0.2, 0) is 14.8 Å². The quantitative estimate of drug-likeness (QED) is 0.734. The summed E-state index contributed by atoms with van der Waals surface area (Å²) < 4.78 is 31.9. The number of hydrogen-bond donors (Lipinski definition) is 0. The molecule has 0 bridgehead atoms. The van der Waals surface area contributed by atoms with Crippen molar-refractivity contribution in [3.8, 4) is 0 Å². The smallest absolute Gasteiger partial charge is 0.338 e. The Kier molecular flexibility index (Phi) is 5.70. The second kappa shape index (κ2) is 7.13. The van der Waals surface area contributed by atoms with E-state index < -0.39 is 16.0 Å². The predicted octanol–water partition coefficient (Wildman–Crippen LogP) is 2.36. The molecule has 0 radical (unpaired) electrons. The molecule has 1 aliphatic heterocycles. The second-order valence-corrected chi connectivity index (χ2v) is 8.37. The fraction of sp³-hybridized carbons (Fsp3) is 0.462. The van der Waals surface area contributed by atoms with E-state index in [4.69, 9.17) is 4.74 Å². The highest BCUT2D eigenvalue weighted by atomic mass is 79.9. The topological polar surface area (TPSA) is 63.7 Å². The van der Waals surface area contributed by atoms with Gasteiger partial charge < -0.3 is 4.74 Å². The van der Waals surface area contributed by atoms with Crippen LogP contribution in [0.2, 0.25) is 0 Å². The molecule has 8 heteroatoms. The highest BCUT2D eigenvalue weighted by Crippen LogP contribution is 2.28. The molecule has 0 atom stereocenters. The van der Waals surface area contributed by atoms with Crippen molar-refractivity contribution in [2.45, 2.75) is 11.8 Å². The number of benzene rings is 1. The average Bonchev–Trinajstić information content (AvgIpc) is 2.48. The summed E-state index contributed by atoms with van der Waals surface area (Å²) >= 11 is 5.00. The van der Waals surface area contributed by atoms with Crippen molar-refractivity contribution in [3.05, 3.63) is 28.2 Å². The summed E-state index contributed by atoms with van der Waals surface area (Å²) in [6.45, 7) is 3.03. The Bertz CT molecular complexity index is 627. The van der Waals surface area contributed by atoms with Crippen LogP contribution in [0.1, 0.15) is 17.3 Å². The van der Waals surface area contributed by atoms with Crippen LogP contribution in [0.4, 0.5) is 0 Å². The first-order valence-electron chi connectivity index (χ1n) is 6.51. The highest BCUT2D eigenvalue weighted by Gasteiger charge is 2.28. The van der Waals surface area contributed by atoms with E-state index in [0.29, 0.717) is 23.1 Å². The monoisotopic (exact) mass is 393 g/mol. The number of sulfonamides is 1. The third-order valence-corrected chi connectivity index (χ3v) is 6.85. The Balaban J connectivity index is 2.29. The van der Waals surface area contributed by atoms with E-state index in [1.807, 2.05) is 0 Å². The maximum atomic E-state index is 12.6. The molecule has 21 heavy (non-hydrogen) atoms. The van der Waals surface area contributed by atoms with Gasteiger partial charge in [-0.05, 0) is 41.1 Å². The molecule has 2 rings (SSSR count). The zero-order chi connectivity index (χ0) is 15.5. The van der Waals surface area contributed by atoms with Gasteiger partial charge >= 0.3 is 5.97 Å². The maximum Gasteiger partial charge on any atom is 0.338 e. The zero-order valence-corrected chi connectivity index (χ0v) is 14.8. The van der Waals surface area contributed by atoms with Gasteiger partial charge in [-0.15, -0.1) is 0 Å². The van der Waals surface area contributed by atoms with E-state index in [9.17, 15) is 13.2 Å². The molecule has 1 aromatic rings. The molecule has 116 valence electrons. The van der Waals surface area contributed by atoms with Gasteiger partial charge in [0.05, 0.1) is 17.1 Å². The van der Waals surface area contributed by atoms with Crippen molar-refractivity contribution >= 4 is 43.7 Å². The number of carbonyl (C=O) groups excluding carboxylic acids is 1. The number of esters is 1. The minimum atomic E-state index is -3.53. The number of thioether (sulfide) groups is 1. The Hall–Kier alpha value is -0.570. The molecule has 1 aromatic carbocycles. The van der Waals surface area contributed by atoms with E-state index >= 15 is 0 Å². The van der Waals surface area contributed by atoms with Crippen LogP contribution in [-0.4, -0.2) is 49.9 Å². The molecule has 0 aliphatic carbocycles. The lowest BCUT2D eigenvalue weighted by atomic mass is 10.2. The van der Waals surface area contributed by atoms with Crippen LogP contribution in [0.5, 0.6) is 0 Å². The molecular formula is C13H16BrNO4S2. The summed E-state index contributed by atoms with van der Waals surface area (Å²) in [7, 11) is -3.53. The number of halogens is 1.